The minimum Gasteiger partial charge on any atom is -0.465 e. The molecule has 0 aliphatic heterocycles. The molecule has 0 saturated heterocycles. The predicted octanol–water partition coefficient (Wildman–Crippen LogP) is -0.162. The molecule has 0 fully saturated rings. The maximum Gasteiger partial charge on any atom is 0.404 e. The Kier molecular flexibility index (Phi) is 11.4. The second kappa shape index (κ2) is 11.9. The lowest BCUT2D eigenvalue weighted by atomic mass is 10.6. The third-order valence-corrected chi connectivity index (χ3v) is 2.28. The molecule has 0 unspecified atom stereocenters. The van der Waals surface area contributed by atoms with Gasteiger partial charge in [-0.15, -0.1) is 0 Å². The van der Waals surface area contributed by atoms with Gasteiger partial charge in [-0.2, -0.15) is 0 Å². The first kappa shape index (κ1) is 16.4. The summed E-state index contributed by atoms with van der Waals surface area (Å²) in [6.07, 6.45) is -1.06. The second-order valence-electron chi connectivity index (χ2n) is 2.94. The van der Waals surface area contributed by atoms with Crippen LogP contribution >= 0.6 is 22.6 Å². The number of ether oxygens (including phenoxy) is 2. The molecule has 100 valence electrons. The van der Waals surface area contributed by atoms with Crippen molar-refractivity contribution in [2.24, 2.45) is 0 Å². The van der Waals surface area contributed by atoms with Gasteiger partial charge in [0.1, 0.15) is 0 Å². The van der Waals surface area contributed by atoms with Gasteiger partial charge in [0.05, 0.1) is 30.9 Å². The number of rotatable bonds is 10. The van der Waals surface area contributed by atoms with Crippen molar-refractivity contribution in [3.8, 4) is 0 Å². The van der Waals surface area contributed by atoms with E-state index in [0.717, 1.165) is 0 Å². The number of carbonyl (C=O) groups excluding carboxylic acids is 1. The lowest BCUT2D eigenvalue weighted by molar-refractivity contribution is -0.118. The molecule has 0 aliphatic rings. The summed E-state index contributed by atoms with van der Waals surface area (Å²) in [7, 11) is 0. The average molecular weight is 360 g/mol. The molecule has 7 nitrogen and oxygen atoms in total. The number of carboxylic acid groups (broad SMARTS) is 1. The SMILES string of the molecule is O=C(O)NCCOCCOCCNC(=O)CI. The van der Waals surface area contributed by atoms with E-state index in [2.05, 4.69) is 10.6 Å². The molecule has 0 bridgehead atoms. The Labute approximate surface area is 113 Å². The lowest BCUT2D eigenvalue weighted by Gasteiger charge is -2.06. The molecule has 0 radical (unpaired) electrons. The highest BCUT2D eigenvalue weighted by atomic mass is 127. The van der Waals surface area contributed by atoms with E-state index in [4.69, 9.17) is 14.6 Å². The average Bonchev–Trinajstić information content (AvgIpc) is 2.30. The van der Waals surface area contributed by atoms with Crippen LogP contribution in [0.1, 0.15) is 0 Å². The molecule has 8 heteroatoms. The summed E-state index contributed by atoms with van der Waals surface area (Å²) in [5.41, 5.74) is 0. The van der Waals surface area contributed by atoms with Gasteiger partial charge in [-0.3, -0.25) is 4.79 Å². The number of hydrogen-bond acceptors (Lipinski definition) is 4. The maximum absolute atomic E-state index is 10.8. The smallest absolute Gasteiger partial charge is 0.404 e. The summed E-state index contributed by atoms with van der Waals surface area (Å²) in [5, 5.41) is 13.1. The van der Waals surface area contributed by atoms with Crippen molar-refractivity contribution in [2.45, 2.75) is 0 Å². The Morgan fingerprint density at radius 3 is 2.00 bits per heavy atom. The van der Waals surface area contributed by atoms with Gasteiger partial charge in [0.15, 0.2) is 0 Å². The first-order valence-corrected chi connectivity index (χ1v) is 6.64. The van der Waals surface area contributed by atoms with Crippen LogP contribution in [0, 0.1) is 0 Å². The molecule has 0 atom stereocenters. The first-order chi connectivity index (χ1) is 8.16. The monoisotopic (exact) mass is 360 g/mol. The van der Waals surface area contributed by atoms with E-state index in [9.17, 15) is 9.59 Å². The van der Waals surface area contributed by atoms with Gasteiger partial charge in [-0.05, 0) is 0 Å². The van der Waals surface area contributed by atoms with E-state index in [-0.39, 0.29) is 12.5 Å². The fourth-order valence-corrected chi connectivity index (χ4v) is 1.13. The fourth-order valence-electron chi connectivity index (χ4n) is 0.862. The largest absolute Gasteiger partial charge is 0.465 e. The van der Waals surface area contributed by atoms with Crippen LogP contribution < -0.4 is 10.6 Å². The van der Waals surface area contributed by atoms with Crippen LogP contribution in [0.5, 0.6) is 0 Å². The van der Waals surface area contributed by atoms with Gasteiger partial charge in [-0.25, -0.2) is 4.79 Å². The Morgan fingerprint density at radius 2 is 1.53 bits per heavy atom. The van der Waals surface area contributed by atoms with E-state index < -0.39 is 6.09 Å². The standard InChI is InChI=1S/C9H17IN2O5/c10-7-8(13)11-1-3-16-5-6-17-4-2-12-9(14)15/h12H,1-7H2,(H,11,13)(H,14,15). The van der Waals surface area contributed by atoms with Crippen LogP contribution in [-0.4, -0.2) is 61.1 Å². The minimum atomic E-state index is -1.06. The normalized spacial score (nSPS) is 9.94. The van der Waals surface area contributed by atoms with Crippen LogP contribution in [0.2, 0.25) is 0 Å². The van der Waals surface area contributed by atoms with Crippen LogP contribution in [0.25, 0.3) is 0 Å². The van der Waals surface area contributed by atoms with E-state index in [0.29, 0.717) is 37.4 Å². The maximum atomic E-state index is 10.8. The summed E-state index contributed by atoms with van der Waals surface area (Å²) in [6, 6.07) is 0. The van der Waals surface area contributed by atoms with Crippen molar-refractivity contribution in [3.05, 3.63) is 0 Å². The summed E-state index contributed by atoms with van der Waals surface area (Å²) in [4.78, 5) is 20.9. The number of nitrogens with one attached hydrogen (secondary N) is 2. The third kappa shape index (κ3) is 13.3. The fraction of sp³-hybridized carbons (Fsp3) is 0.778. The van der Waals surface area contributed by atoms with Crippen molar-refractivity contribution in [2.75, 3.05) is 43.9 Å². The molecule has 0 aliphatic carbocycles. The lowest BCUT2D eigenvalue weighted by Crippen LogP contribution is -2.28. The van der Waals surface area contributed by atoms with Gasteiger partial charge in [-0.1, -0.05) is 22.6 Å². The zero-order chi connectivity index (χ0) is 12.9. The van der Waals surface area contributed by atoms with E-state index in [1.807, 2.05) is 22.6 Å². The Hall–Kier alpha value is -0.610. The zero-order valence-corrected chi connectivity index (χ0v) is 11.6. The molecule has 0 saturated carbocycles. The highest BCUT2D eigenvalue weighted by molar-refractivity contribution is 14.1. The summed E-state index contributed by atoms with van der Waals surface area (Å²) < 4.78 is 10.7. The summed E-state index contributed by atoms with van der Waals surface area (Å²) in [5.74, 6) is -0.00908. The van der Waals surface area contributed by atoms with Crippen molar-refractivity contribution >= 4 is 34.6 Å². The predicted molar refractivity (Wildman–Crippen MR) is 69.6 cm³/mol. The van der Waals surface area contributed by atoms with E-state index >= 15 is 0 Å². The number of hydrogen-bond donors (Lipinski definition) is 3. The van der Waals surface area contributed by atoms with Gasteiger partial charge in [0.2, 0.25) is 5.91 Å². The minimum absolute atomic E-state index is 0.00908. The number of amides is 2. The second-order valence-corrected chi connectivity index (χ2v) is 3.70. The summed E-state index contributed by atoms with van der Waals surface area (Å²) >= 11 is 1.98. The van der Waals surface area contributed by atoms with Crippen molar-refractivity contribution in [1.29, 1.82) is 0 Å². The topological polar surface area (TPSA) is 96.9 Å². The molecule has 0 aromatic heterocycles. The molecule has 3 N–H and O–H groups in total. The number of carbonyl (C=O) groups is 2. The van der Waals surface area contributed by atoms with Crippen molar-refractivity contribution in [3.63, 3.8) is 0 Å². The Morgan fingerprint density at radius 1 is 1.00 bits per heavy atom. The van der Waals surface area contributed by atoms with Crippen molar-refractivity contribution in [1.82, 2.24) is 10.6 Å². The summed E-state index contributed by atoms with van der Waals surface area (Å²) in [6.45, 7) is 2.35. The van der Waals surface area contributed by atoms with E-state index in [1.165, 1.54) is 0 Å². The van der Waals surface area contributed by atoms with Crippen LogP contribution in [0.4, 0.5) is 4.79 Å². The van der Waals surface area contributed by atoms with Crippen LogP contribution in [0.15, 0.2) is 0 Å². The zero-order valence-electron chi connectivity index (χ0n) is 9.41. The molecular weight excluding hydrogens is 343 g/mol. The third-order valence-electron chi connectivity index (χ3n) is 1.58. The molecule has 0 heterocycles. The molecular formula is C9H17IN2O5. The molecule has 2 amide bonds. The number of alkyl halides is 1. The number of halogens is 1. The van der Waals surface area contributed by atoms with Gasteiger partial charge < -0.3 is 25.2 Å². The van der Waals surface area contributed by atoms with Gasteiger partial charge in [0, 0.05) is 13.1 Å². The van der Waals surface area contributed by atoms with Gasteiger partial charge in [0.25, 0.3) is 0 Å². The van der Waals surface area contributed by atoms with Crippen LogP contribution in [-0.2, 0) is 14.3 Å². The quantitative estimate of drug-likeness (QED) is 0.286. The van der Waals surface area contributed by atoms with Crippen LogP contribution in [0.3, 0.4) is 0 Å². The first-order valence-electron chi connectivity index (χ1n) is 5.11. The highest BCUT2D eigenvalue weighted by Gasteiger charge is 1.96. The molecule has 0 aromatic carbocycles. The highest BCUT2D eigenvalue weighted by Crippen LogP contribution is 1.81. The molecule has 17 heavy (non-hydrogen) atoms. The van der Waals surface area contributed by atoms with E-state index in [1.54, 1.807) is 0 Å². The molecule has 0 spiro atoms. The van der Waals surface area contributed by atoms with Crippen molar-refractivity contribution < 1.29 is 24.2 Å². The molecule has 0 aromatic rings. The Balaban J connectivity index is 3.03. The van der Waals surface area contributed by atoms with Gasteiger partial charge >= 0.3 is 6.09 Å². The Bertz CT molecular complexity index is 227. The molecule has 0 rings (SSSR count).